The van der Waals surface area contributed by atoms with Crippen LogP contribution in [-0.4, -0.2) is 26.6 Å². The van der Waals surface area contributed by atoms with Gasteiger partial charge in [0.1, 0.15) is 12.1 Å². The van der Waals surface area contributed by atoms with Crippen molar-refractivity contribution in [2.45, 2.75) is 39.7 Å². The van der Waals surface area contributed by atoms with Crippen LogP contribution in [0.1, 0.15) is 57.8 Å². The van der Waals surface area contributed by atoms with E-state index in [0.29, 0.717) is 41.3 Å². The molecule has 0 aliphatic rings. The summed E-state index contributed by atoms with van der Waals surface area (Å²) in [5, 5.41) is 4.03. The molecule has 2 heterocycles. The van der Waals surface area contributed by atoms with Crippen LogP contribution in [0.25, 0.3) is 10.9 Å². The molecule has 0 spiro atoms. The van der Waals surface area contributed by atoms with Gasteiger partial charge in [-0.25, -0.2) is 9.97 Å². The van der Waals surface area contributed by atoms with Gasteiger partial charge < -0.3 is 11.1 Å². The molecule has 1 amide bonds. The number of rotatable bonds is 10. The zero-order valence-corrected chi connectivity index (χ0v) is 20.0. The number of nitrogens with one attached hydrogen (secondary N) is 1. The van der Waals surface area contributed by atoms with Crippen molar-refractivity contribution in [3.63, 3.8) is 0 Å². The topological polar surface area (TPSA) is 111 Å². The number of primary amides is 1. The van der Waals surface area contributed by atoms with E-state index in [-0.39, 0.29) is 5.78 Å². The minimum absolute atomic E-state index is 0.0406. The van der Waals surface area contributed by atoms with Crippen LogP contribution in [0.2, 0.25) is 0 Å². The molecule has 2 aromatic carbocycles. The van der Waals surface area contributed by atoms with Gasteiger partial charge in [-0.15, -0.1) is 0 Å². The number of para-hydroxylation sites is 1. The van der Waals surface area contributed by atoms with E-state index in [2.05, 4.69) is 34.1 Å². The number of benzene rings is 2. The van der Waals surface area contributed by atoms with Crippen LogP contribution in [0.4, 0.5) is 5.82 Å². The van der Waals surface area contributed by atoms with Crippen molar-refractivity contribution < 1.29 is 9.59 Å². The summed E-state index contributed by atoms with van der Waals surface area (Å²) in [5.41, 5.74) is 9.93. The van der Waals surface area contributed by atoms with Crippen molar-refractivity contribution >= 4 is 28.4 Å². The normalized spacial score (nSPS) is 11.1. The van der Waals surface area contributed by atoms with E-state index in [0.717, 1.165) is 35.0 Å². The maximum Gasteiger partial charge on any atom is 0.250 e. The molecule has 4 rings (SSSR count). The van der Waals surface area contributed by atoms with Gasteiger partial charge in [-0.3, -0.25) is 14.6 Å². The first-order chi connectivity index (χ1) is 16.9. The van der Waals surface area contributed by atoms with E-state index in [1.54, 1.807) is 18.3 Å². The number of pyridine rings is 1. The standard InChI is InChI=1S/C28H29N5O2/c1-18(2)9-11-22-12-10-21(16-30-22)25(34)14-19-5-3-6-20(13-19)15-31-28-24-8-4-7-23(27(29)35)26(24)32-17-33-28/h3-8,10,12-13,16-18H,9,11,14-15H2,1-2H3,(H2,29,35)(H,31,32,33). The predicted molar refractivity (Wildman–Crippen MR) is 137 cm³/mol. The summed E-state index contributed by atoms with van der Waals surface area (Å²) in [5.74, 6) is 0.751. The molecule has 35 heavy (non-hydrogen) atoms. The second kappa shape index (κ2) is 10.9. The maximum absolute atomic E-state index is 12.8. The van der Waals surface area contributed by atoms with Gasteiger partial charge in [-0.1, -0.05) is 44.2 Å². The number of ketones is 1. The van der Waals surface area contributed by atoms with Crippen molar-refractivity contribution in [3.8, 4) is 0 Å². The summed E-state index contributed by atoms with van der Waals surface area (Å²) in [7, 11) is 0. The fraction of sp³-hybridized carbons (Fsp3) is 0.250. The number of nitrogens with zero attached hydrogens (tertiary/aromatic N) is 3. The highest BCUT2D eigenvalue weighted by Gasteiger charge is 2.12. The molecule has 178 valence electrons. The Bertz CT molecular complexity index is 1350. The number of aromatic nitrogens is 3. The number of Topliss-reactive ketones (excluding diaryl/α,β-unsaturated/α-hetero) is 1. The third kappa shape index (κ3) is 6.06. The van der Waals surface area contributed by atoms with Gasteiger partial charge >= 0.3 is 0 Å². The molecule has 0 fully saturated rings. The van der Waals surface area contributed by atoms with Crippen molar-refractivity contribution in [3.05, 3.63) is 95.1 Å². The highest BCUT2D eigenvalue weighted by Crippen LogP contribution is 2.23. The number of carbonyl (C=O) groups excluding carboxylic acids is 2. The Morgan fingerprint density at radius 1 is 0.971 bits per heavy atom. The molecule has 0 radical (unpaired) electrons. The van der Waals surface area contributed by atoms with Gasteiger partial charge in [0, 0.05) is 35.8 Å². The zero-order chi connectivity index (χ0) is 24.8. The van der Waals surface area contributed by atoms with Crippen molar-refractivity contribution in [2.75, 3.05) is 5.32 Å². The number of nitrogens with two attached hydrogens (primary N) is 1. The summed E-state index contributed by atoms with van der Waals surface area (Å²) in [6, 6.07) is 17.0. The molecule has 0 unspecified atom stereocenters. The van der Waals surface area contributed by atoms with E-state index < -0.39 is 5.91 Å². The molecule has 7 heteroatoms. The molecule has 0 saturated carbocycles. The molecule has 7 nitrogen and oxygen atoms in total. The van der Waals surface area contributed by atoms with Crippen LogP contribution in [0.5, 0.6) is 0 Å². The molecule has 0 saturated heterocycles. The lowest BCUT2D eigenvalue weighted by Crippen LogP contribution is -2.12. The summed E-state index contributed by atoms with van der Waals surface area (Å²) in [6.45, 7) is 4.88. The molecule has 0 bridgehead atoms. The van der Waals surface area contributed by atoms with E-state index >= 15 is 0 Å². The van der Waals surface area contributed by atoms with Gasteiger partial charge in [-0.2, -0.15) is 0 Å². The first-order valence-corrected chi connectivity index (χ1v) is 11.7. The van der Waals surface area contributed by atoms with Crippen LogP contribution in [-0.2, 0) is 19.4 Å². The first kappa shape index (κ1) is 24.0. The summed E-state index contributed by atoms with van der Waals surface area (Å²) < 4.78 is 0. The highest BCUT2D eigenvalue weighted by atomic mass is 16.1. The van der Waals surface area contributed by atoms with Gasteiger partial charge in [-0.05, 0) is 54.2 Å². The summed E-state index contributed by atoms with van der Waals surface area (Å²) >= 11 is 0. The Kier molecular flexibility index (Phi) is 7.45. The Labute approximate surface area is 204 Å². The quantitative estimate of drug-likeness (QED) is 0.326. The van der Waals surface area contributed by atoms with Crippen LogP contribution < -0.4 is 11.1 Å². The Morgan fingerprint density at radius 2 is 1.77 bits per heavy atom. The van der Waals surface area contributed by atoms with Crippen molar-refractivity contribution in [1.82, 2.24) is 15.0 Å². The fourth-order valence-corrected chi connectivity index (χ4v) is 3.92. The van der Waals surface area contributed by atoms with Crippen LogP contribution in [0.15, 0.2) is 67.1 Å². The number of fused-ring (bicyclic) bond motifs is 1. The van der Waals surface area contributed by atoms with E-state index in [1.165, 1.54) is 6.33 Å². The number of carbonyl (C=O) groups is 2. The van der Waals surface area contributed by atoms with Gasteiger partial charge in [0.05, 0.1) is 11.1 Å². The number of hydrogen-bond donors (Lipinski definition) is 2. The SMILES string of the molecule is CC(C)CCc1ccc(C(=O)Cc2cccc(CNc3ncnc4c(C(N)=O)cccc34)c2)cn1. The second-order valence-electron chi connectivity index (χ2n) is 9.03. The van der Waals surface area contributed by atoms with Crippen LogP contribution >= 0.6 is 0 Å². The van der Waals surface area contributed by atoms with E-state index in [4.69, 9.17) is 5.73 Å². The summed E-state index contributed by atoms with van der Waals surface area (Å²) in [6.07, 6.45) is 5.41. The van der Waals surface area contributed by atoms with Gasteiger partial charge in [0.15, 0.2) is 5.78 Å². The Balaban J connectivity index is 1.42. The fourth-order valence-electron chi connectivity index (χ4n) is 3.92. The predicted octanol–water partition coefficient (Wildman–Crippen LogP) is 4.75. The zero-order valence-electron chi connectivity index (χ0n) is 20.0. The lowest BCUT2D eigenvalue weighted by Gasteiger charge is -2.11. The third-order valence-corrected chi connectivity index (χ3v) is 5.87. The number of aryl methyl sites for hydroxylation is 1. The lowest BCUT2D eigenvalue weighted by atomic mass is 10.0. The monoisotopic (exact) mass is 467 g/mol. The number of hydrogen-bond acceptors (Lipinski definition) is 6. The molecule has 3 N–H and O–H groups in total. The molecule has 0 atom stereocenters. The van der Waals surface area contributed by atoms with Gasteiger partial charge in [0.25, 0.3) is 5.91 Å². The molecular weight excluding hydrogens is 438 g/mol. The number of anilines is 1. The van der Waals surface area contributed by atoms with Crippen LogP contribution in [0, 0.1) is 5.92 Å². The van der Waals surface area contributed by atoms with E-state index in [1.807, 2.05) is 42.5 Å². The van der Waals surface area contributed by atoms with E-state index in [9.17, 15) is 9.59 Å². The lowest BCUT2D eigenvalue weighted by molar-refractivity contribution is 0.0987. The molecule has 4 aromatic rings. The first-order valence-electron chi connectivity index (χ1n) is 11.7. The van der Waals surface area contributed by atoms with Crippen molar-refractivity contribution in [2.24, 2.45) is 11.7 Å². The summed E-state index contributed by atoms with van der Waals surface area (Å²) in [4.78, 5) is 37.5. The largest absolute Gasteiger partial charge is 0.366 e. The molecule has 2 aromatic heterocycles. The molecular formula is C28H29N5O2. The molecule has 0 aliphatic carbocycles. The molecule has 0 aliphatic heterocycles. The van der Waals surface area contributed by atoms with Gasteiger partial charge in [0.2, 0.25) is 0 Å². The Morgan fingerprint density at radius 3 is 2.51 bits per heavy atom. The number of amides is 1. The smallest absolute Gasteiger partial charge is 0.250 e. The Hall–Kier alpha value is -4.13. The average molecular weight is 468 g/mol. The van der Waals surface area contributed by atoms with Crippen molar-refractivity contribution in [1.29, 1.82) is 0 Å². The third-order valence-electron chi connectivity index (χ3n) is 5.87. The minimum atomic E-state index is -0.530. The maximum atomic E-state index is 12.8. The average Bonchev–Trinajstić information content (AvgIpc) is 2.86. The minimum Gasteiger partial charge on any atom is -0.366 e. The highest BCUT2D eigenvalue weighted by molar-refractivity contribution is 6.06. The second-order valence-corrected chi connectivity index (χ2v) is 9.03. The van der Waals surface area contributed by atoms with Crippen LogP contribution in [0.3, 0.4) is 0 Å².